The summed E-state index contributed by atoms with van der Waals surface area (Å²) >= 11 is 0. The first-order valence-corrected chi connectivity index (χ1v) is 6.93. The summed E-state index contributed by atoms with van der Waals surface area (Å²) in [6.45, 7) is 5.88. The summed E-state index contributed by atoms with van der Waals surface area (Å²) in [5.41, 5.74) is 1.10. The number of nitriles is 1. The van der Waals surface area contributed by atoms with Crippen molar-refractivity contribution in [2.24, 2.45) is 5.41 Å². The van der Waals surface area contributed by atoms with E-state index in [1.165, 1.54) is 5.56 Å². The molecule has 0 aliphatic carbocycles. The number of carbonyl (C=O) groups is 1. The van der Waals surface area contributed by atoms with Crippen LogP contribution in [0, 0.1) is 16.7 Å². The lowest BCUT2D eigenvalue weighted by Gasteiger charge is -2.22. The van der Waals surface area contributed by atoms with Crippen LogP contribution in [0.2, 0.25) is 0 Å². The van der Waals surface area contributed by atoms with E-state index in [4.69, 9.17) is 0 Å². The SMILES string of the molecule is CCCc1ccc(NC(=O)C(C#N)(CC)CC)cc1. The fourth-order valence-electron chi connectivity index (χ4n) is 2.07. The number of benzene rings is 1. The number of nitrogens with one attached hydrogen (secondary N) is 1. The van der Waals surface area contributed by atoms with Crippen LogP contribution < -0.4 is 5.32 Å². The summed E-state index contributed by atoms with van der Waals surface area (Å²) < 4.78 is 0. The fraction of sp³-hybridized carbons (Fsp3) is 0.500. The molecule has 19 heavy (non-hydrogen) atoms. The molecule has 0 saturated carbocycles. The van der Waals surface area contributed by atoms with E-state index < -0.39 is 5.41 Å². The maximum absolute atomic E-state index is 12.2. The molecule has 3 nitrogen and oxygen atoms in total. The second kappa shape index (κ2) is 6.94. The van der Waals surface area contributed by atoms with E-state index in [9.17, 15) is 10.1 Å². The maximum Gasteiger partial charge on any atom is 0.244 e. The van der Waals surface area contributed by atoms with E-state index >= 15 is 0 Å². The van der Waals surface area contributed by atoms with Crippen molar-refractivity contribution in [3.63, 3.8) is 0 Å². The molecule has 3 heteroatoms. The molecule has 1 aromatic carbocycles. The third-order valence-electron chi connectivity index (χ3n) is 3.61. The van der Waals surface area contributed by atoms with Crippen molar-refractivity contribution in [3.8, 4) is 6.07 Å². The van der Waals surface area contributed by atoms with Crippen molar-refractivity contribution < 1.29 is 4.79 Å². The first-order valence-electron chi connectivity index (χ1n) is 6.93. The summed E-state index contributed by atoms with van der Waals surface area (Å²) in [5.74, 6) is -0.205. The summed E-state index contributed by atoms with van der Waals surface area (Å²) in [7, 11) is 0. The van der Waals surface area contributed by atoms with Crippen LogP contribution in [-0.2, 0) is 11.2 Å². The predicted octanol–water partition coefficient (Wildman–Crippen LogP) is 3.91. The minimum atomic E-state index is -0.915. The maximum atomic E-state index is 12.2. The number of amides is 1. The lowest BCUT2D eigenvalue weighted by Crippen LogP contribution is -2.33. The van der Waals surface area contributed by atoms with Gasteiger partial charge in [-0.1, -0.05) is 39.3 Å². The Morgan fingerprint density at radius 1 is 1.21 bits per heavy atom. The first-order chi connectivity index (χ1) is 9.11. The number of carbonyl (C=O) groups excluding carboxylic acids is 1. The van der Waals surface area contributed by atoms with Gasteiger partial charge in [0, 0.05) is 5.69 Å². The second-order valence-electron chi connectivity index (χ2n) is 4.80. The van der Waals surface area contributed by atoms with E-state index in [0.29, 0.717) is 12.8 Å². The third-order valence-corrected chi connectivity index (χ3v) is 3.61. The Labute approximate surface area is 115 Å². The molecule has 0 heterocycles. The van der Waals surface area contributed by atoms with Gasteiger partial charge in [0.25, 0.3) is 0 Å². The van der Waals surface area contributed by atoms with E-state index in [2.05, 4.69) is 18.3 Å². The van der Waals surface area contributed by atoms with Gasteiger partial charge in [-0.3, -0.25) is 4.79 Å². The van der Waals surface area contributed by atoms with Gasteiger partial charge in [0.2, 0.25) is 5.91 Å². The van der Waals surface area contributed by atoms with E-state index in [0.717, 1.165) is 18.5 Å². The molecule has 0 aliphatic rings. The zero-order chi connectivity index (χ0) is 14.3. The van der Waals surface area contributed by atoms with Gasteiger partial charge >= 0.3 is 0 Å². The van der Waals surface area contributed by atoms with Crippen LogP contribution in [0.25, 0.3) is 0 Å². The van der Waals surface area contributed by atoms with E-state index in [1.807, 2.05) is 38.1 Å². The van der Waals surface area contributed by atoms with Crippen LogP contribution in [0.1, 0.15) is 45.6 Å². The van der Waals surface area contributed by atoms with Gasteiger partial charge in [-0.2, -0.15) is 5.26 Å². The predicted molar refractivity (Wildman–Crippen MR) is 77.7 cm³/mol. The number of rotatable bonds is 6. The van der Waals surface area contributed by atoms with Crippen molar-refractivity contribution in [1.29, 1.82) is 5.26 Å². The molecule has 1 amide bonds. The van der Waals surface area contributed by atoms with Gasteiger partial charge in [-0.25, -0.2) is 0 Å². The Morgan fingerprint density at radius 2 is 1.79 bits per heavy atom. The van der Waals surface area contributed by atoms with Crippen LogP contribution in [0.3, 0.4) is 0 Å². The Hall–Kier alpha value is -1.82. The van der Waals surface area contributed by atoms with Crippen LogP contribution in [0.4, 0.5) is 5.69 Å². The first kappa shape index (κ1) is 15.2. The molecule has 1 N–H and O–H groups in total. The highest BCUT2D eigenvalue weighted by Gasteiger charge is 2.34. The van der Waals surface area contributed by atoms with E-state index in [1.54, 1.807) is 0 Å². The molecule has 0 saturated heterocycles. The third kappa shape index (κ3) is 3.57. The van der Waals surface area contributed by atoms with Crippen molar-refractivity contribution in [1.82, 2.24) is 0 Å². The summed E-state index contributed by atoms with van der Waals surface area (Å²) in [4.78, 5) is 12.2. The van der Waals surface area contributed by atoms with Crippen molar-refractivity contribution in [2.75, 3.05) is 5.32 Å². The fourth-order valence-corrected chi connectivity index (χ4v) is 2.07. The molecule has 1 aromatic rings. The molecule has 0 aliphatic heterocycles. The number of hydrogen-bond donors (Lipinski definition) is 1. The monoisotopic (exact) mass is 258 g/mol. The lowest BCUT2D eigenvalue weighted by molar-refractivity contribution is -0.123. The van der Waals surface area contributed by atoms with Gasteiger partial charge in [-0.15, -0.1) is 0 Å². The zero-order valence-corrected chi connectivity index (χ0v) is 12.0. The van der Waals surface area contributed by atoms with Gasteiger partial charge < -0.3 is 5.32 Å². The van der Waals surface area contributed by atoms with Crippen molar-refractivity contribution in [2.45, 2.75) is 46.5 Å². The van der Waals surface area contributed by atoms with Gasteiger partial charge in [0.15, 0.2) is 0 Å². The summed E-state index contributed by atoms with van der Waals surface area (Å²) in [6, 6.07) is 9.99. The number of nitrogens with zero attached hydrogens (tertiary/aromatic N) is 1. The molecule has 0 radical (unpaired) electrons. The molecular formula is C16H22N2O. The molecule has 0 spiro atoms. The Bertz CT molecular complexity index is 453. The van der Waals surface area contributed by atoms with E-state index in [-0.39, 0.29) is 5.91 Å². The van der Waals surface area contributed by atoms with Crippen molar-refractivity contribution >= 4 is 11.6 Å². The van der Waals surface area contributed by atoms with Crippen molar-refractivity contribution in [3.05, 3.63) is 29.8 Å². The molecule has 1 rings (SSSR count). The number of anilines is 1. The highest BCUT2D eigenvalue weighted by molar-refractivity contribution is 5.97. The largest absolute Gasteiger partial charge is 0.325 e. The molecule has 0 aromatic heterocycles. The minimum Gasteiger partial charge on any atom is -0.325 e. The van der Waals surface area contributed by atoms with Crippen LogP contribution >= 0.6 is 0 Å². The average Bonchev–Trinajstić information content (AvgIpc) is 2.44. The minimum absolute atomic E-state index is 0.205. The smallest absolute Gasteiger partial charge is 0.244 e. The molecule has 102 valence electrons. The topological polar surface area (TPSA) is 52.9 Å². The quantitative estimate of drug-likeness (QED) is 0.841. The Morgan fingerprint density at radius 3 is 2.21 bits per heavy atom. The molecular weight excluding hydrogens is 236 g/mol. The molecule has 0 atom stereocenters. The Kier molecular flexibility index (Phi) is 5.57. The van der Waals surface area contributed by atoms with Gasteiger partial charge in [-0.05, 0) is 37.0 Å². The molecule has 0 unspecified atom stereocenters. The number of hydrogen-bond acceptors (Lipinski definition) is 2. The molecule has 0 fully saturated rings. The Balaban J connectivity index is 2.79. The lowest BCUT2D eigenvalue weighted by atomic mass is 9.83. The van der Waals surface area contributed by atoms with Crippen LogP contribution in [0.15, 0.2) is 24.3 Å². The molecule has 0 bridgehead atoms. The standard InChI is InChI=1S/C16H22N2O/c1-4-7-13-8-10-14(11-9-13)18-15(19)16(5-2,6-3)12-17/h8-11H,4-7H2,1-3H3,(H,18,19). The van der Waals surface area contributed by atoms with Gasteiger partial charge in [0.05, 0.1) is 6.07 Å². The van der Waals surface area contributed by atoms with Crippen LogP contribution in [0.5, 0.6) is 0 Å². The summed E-state index contributed by atoms with van der Waals surface area (Å²) in [5, 5.41) is 12.1. The average molecular weight is 258 g/mol. The normalized spacial score (nSPS) is 10.8. The number of aryl methyl sites for hydroxylation is 1. The zero-order valence-electron chi connectivity index (χ0n) is 12.0. The van der Waals surface area contributed by atoms with Gasteiger partial charge in [0.1, 0.15) is 5.41 Å². The van der Waals surface area contributed by atoms with Crippen LogP contribution in [-0.4, -0.2) is 5.91 Å². The second-order valence-corrected chi connectivity index (χ2v) is 4.80. The summed E-state index contributed by atoms with van der Waals surface area (Å²) in [6.07, 6.45) is 3.20. The highest BCUT2D eigenvalue weighted by atomic mass is 16.2. The highest BCUT2D eigenvalue weighted by Crippen LogP contribution is 2.27.